The number of aromatic amines is 1. The van der Waals surface area contributed by atoms with Crippen molar-refractivity contribution in [1.29, 1.82) is 0 Å². The maximum absolute atomic E-state index is 10.5. The molecule has 1 saturated heterocycles. The molecule has 1 aromatic carbocycles. The van der Waals surface area contributed by atoms with Crippen molar-refractivity contribution in [2.45, 2.75) is 57.1 Å². The first-order valence-corrected chi connectivity index (χ1v) is 9.33. The summed E-state index contributed by atoms with van der Waals surface area (Å²) in [4.78, 5) is 10.9. The number of H-pyrrole nitrogens is 1. The zero-order valence-electron chi connectivity index (χ0n) is 14.2. The summed E-state index contributed by atoms with van der Waals surface area (Å²) >= 11 is 0. The van der Waals surface area contributed by atoms with Crippen LogP contribution in [0.4, 0.5) is 0 Å². The largest absolute Gasteiger partial charge is 0.391 e. The highest BCUT2D eigenvalue weighted by molar-refractivity contribution is 5.20. The molecule has 2 aromatic rings. The fourth-order valence-electron chi connectivity index (χ4n) is 4.21. The summed E-state index contributed by atoms with van der Waals surface area (Å²) in [6.07, 6.45) is 7.54. The molecule has 1 fully saturated rings. The van der Waals surface area contributed by atoms with Crippen molar-refractivity contribution in [3.05, 3.63) is 53.1 Å². The molecule has 1 aliphatic heterocycles. The number of rotatable bonds is 5. The lowest BCUT2D eigenvalue weighted by molar-refractivity contribution is 0.104. The quantitative estimate of drug-likeness (QED) is 0.888. The molecule has 2 aliphatic rings. The molecule has 4 nitrogen and oxygen atoms in total. The number of imidazole rings is 1. The first-order chi connectivity index (χ1) is 11.8. The van der Waals surface area contributed by atoms with E-state index in [1.165, 1.54) is 36.2 Å². The minimum Gasteiger partial charge on any atom is -0.391 e. The number of aliphatic hydroxyl groups excluding tert-OH is 1. The van der Waals surface area contributed by atoms with Gasteiger partial charge in [-0.3, -0.25) is 4.90 Å². The molecular formula is C20H27N3O. The van der Waals surface area contributed by atoms with Gasteiger partial charge in [-0.1, -0.05) is 30.3 Å². The van der Waals surface area contributed by atoms with Crippen LogP contribution in [-0.4, -0.2) is 39.2 Å². The summed E-state index contributed by atoms with van der Waals surface area (Å²) in [5.74, 6) is 1.13. The highest BCUT2D eigenvalue weighted by Crippen LogP contribution is 2.32. The second kappa shape index (κ2) is 7.08. The molecule has 0 bridgehead atoms. The number of aliphatic hydroxyl groups is 1. The number of nitrogens with one attached hydrogen (secondary N) is 1. The van der Waals surface area contributed by atoms with E-state index in [9.17, 15) is 5.11 Å². The Balaban J connectivity index is 1.42. The Morgan fingerprint density at radius 1 is 1.17 bits per heavy atom. The number of hydrogen-bond acceptors (Lipinski definition) is 3. The molecule has 0 saturated carbocycles. The average molecular weight is 325 g/mol. The van der Waals surface area contributed by atoms with Crippen molar-refractivity contribution >= 4 is 0 Å². The third-order valence-corrected chi connectivity index (χ3v) is 5.41. The lowest BCUT2D eigenvalue weighted by Gasteiger charge is -2.25. The summed E-state index contributed by atoms with van der Waals surface area (Å²) in [6.45, 7) is 1.78. The first-order valence-electron chi connectivity index (χ1n) is 9.33. The maximum Gasteiger partial charge on any atom is 0.124 e. The van der Waals surface area contributed by atoms with E-state index in [-0.39, 0.29) is 6.10 Å². The predicted molar refractivity (Wildman–Crippen MR) is 94.9 cm³/mol. The van der Waals surface area contributed by atoms with Gasteiger partial charge in [0.1, 0.15) is 5.82 Å². The fraction of sp³-hybridized carbons (Fsp3) is 0.550. The Morgan fingerprint density at radius 3 is 2.83 bits per heavy atom. The van der Waals surface area contributed by atoms with E-state index in [0.717, 1.165) is 44.6 Å². The molecule has 128 valence electrons. The summed E-state index contributed by atoms with van der Waals surface area (Å²) < 4.78 is 0. The van der Waals surface area contributed by atoms with Crippen LogP contribution in [0.15, 0.2) is 30.3 Å². The Bertz CT molecular complexity index is 643. The molecular weight excluding hydrogens is 298 g/mol. The second-order valence-corrected chi connectivity index (χ2v) is 7.25. The number of aryl methyl sites for hydroxylation is 2. The van der Waals surface area contributed by atoms with Crippen LogP contribution >= 0.6 is 0 Å². The van der Waals surface area contributed by atoms with E-state index < -0.39 is 0 Å². The minimum atomic E-state index is -0.322. The van der Waals surface area contributed by atoms with E-state index in [4.69, 9.17) is 4.98 Å². The molecule has 2 N–H and O–H groups in total. The van der Waals surface area contributed by atoms with Gasteiger partial charge in [-0.15, -0.1) is 0 Å². The van der Waals surface area contributed by atoms with Gasteiger partial charge in [-0.05, 0) is 57.1 Å². The zero-order chi connectivity index (χ0) is 16.4. The number of nitrogens with zero attached hydrogens (tertiary/aromatic N) is 2. The molecule has 0 amide bonds. The molecule has 0 unspecified atom stereocenters. The Kier molecular flexibility index (Phi) is 4.67. The Labute approximate surface area is 143 Å². The van der Waals surface area contributed by atoms with Gasteiger partial charge in [0.2, 0.25) is 0 Å². The fourth-order valence-corrected chi connectivity index (χ4v) is 4.21. The van der Waals surface area contributed by atoms with Crippen molar-refractivity contribution in [3.8, 4) is 0 Å². The van der Waals surface area contributed by atoms with Crippen molar-refractivity contribution in [3.63, 3.8) is 0 Å². The Morgan fingerprint density at radius 2 is 2.00 bits per heavy atom. The molecule has 2 atom stereocenters. The van der Waals surface area contributed by atoms with Gasteiger partial charge < -0.3 is 10.1 Å². The summed E-state index contributed by atoms with van der Waals surface area (Å²) in [6, 6.07) is 10.6. The van der Waals surface area contributed by atoms with E-state index in [1.807, 2.05) is 18.2 Å². The first kappa shape index (κ1) is 15.9. The van der Waals surface area contributed by atoms with Crippen LogP contribution in [0.2, 0.25) is 0 Å². The van der Waals surface area contributed by atoms with Crippen molar-refractivity contribution < 1.29 is 5.11 Å². The van der Waals surface area contributed by atoms with Crippen LogP contribution in [0.1, 0.15) is 54.5 Å². The molecule has 1 aliphatic carbocycles. The van der Waals surface area contributed by atoms with Crippen molar-refractivity contribution in [2.24, 2.45) is 0 Å². The molecule has 4 heteroatoms. The van der Waals surface area contributed by atoms with Crippen molar-refractivity contribution in [1.82, 2.24) is 14.9 Å². The smallest absolute Gasteiger partial charge is 0.124 e. The van der Waals surface area contributed by atoms with Gasteiger partial charge in [-0.25, -0.2) is 4.98 Å². The third-order valence-electron chi connectivity index (χ3n) is 5.41. The van der Waals surface area contributed by atoms with Crippen LogP contribution in [0, 0.1) is 0 Å². The van der Waals surface area contributed by atoms with Gasteiger partial charge in [0.25, 0.3) is 0 Å². The molecule has 4 rings (SSSR count). The van der Waals surface area contributed by atoms with E-state index >= 15 is 0 Å². The van der Waals surface area contributed by atoms with Gasteiger partial charge in [0.15, 0.2) is 0 Å². The predicted octanol–water partition coefficient (Wildman–Crippen LogP) is 3.03. The molecule has 24 heavy (non-hydrogen) atoms. The monoisotopic (exact) mass is 325 g/mol. The summed E-state index contributed by atoms with van der Waals surface area (Å²) in [5.41, 5.74) is 3.84. The van der Waals surface area contributed by atoms with Crippen LogP contribution < -0.4 is 0 Å². The molecule has 1 aromatic heterocycles. The number of benzene rings is 1. The van der Waals surface area contributed by atoms with E-state index in [2.05, 4.69) is 22.0 Å². The number of aromatic nitrogens is 2. The van der Waals surface area contributed by atoms with Gasteiger partial charge >= 0.3 is 0 Å². The topological polar surface area (TPSA) is 52.1 Å². The number of likely N-dealkylation sites (tertiary alicyclic amines) is 1. The van der Waals surface area contributed by atoms with E-state index in [1.54, 1.807) is 0 Å². The molecule has 0 radical (unpaired) electrons. The van der Waals surface area contributed by atoms with Crippen LogP contribution in [0.3, 0.4) is 0 Å². The summed E-state index contributed by atoms with van der Waals surface area (Å²) in [7, 11) is 0. The van der Waals surface area contributed by atoms with Crippen LogP contribution in [0.25, 0.3) is 0 Å². The van der Waals surface area contributed by atoms with Crippen LogP contribution in [-0.2, 0) is 19.3 Å². The highest BCUT2D eigenvalue weighted by Gasteiger charge is 2.30. The summed E-state index contributed by atoms with van der Waals surface area (Å²) in [5, 5.41) is 10.5. The number of β-amino-alcohol motifs (C(OH)–C–C–N with tert-alkyl or cyclic N) is 1. The lowest BCUT2D eigenvalue weighted by Crippen LogP contribution is -2.33. The number of fused-ring (bicyclic) bond motifs is 1. The second-order valence-electron chi connectivity index (χ2n) is 7.25. The maximum atomic E-state index is 10.5. The highest BCUT2D eigenvalue weighted by atomic mass is 16.3. The van der Waals surface area contributed by atoms with Gasteiger partial charge in [-0.2, -0.15) is 0 Å². The normalized spacial score (nSPS) is 22.5. The van der Waals surface area contributed by atoms with E-state index in [0.29, 0.717) is 6.04 Å². The zero-order valence-corrected chi connectivity index (χ0v) is 14.2. The molecule has 0 spiro atoms. The SMILES string of the molecule is O[C@H](Cc1ccccc1)CN1CCC[C@@H]1c1nc2c([nH]1)CCCC2. The minimum absolute atomic E-state index is 0.322. The third kappa shape index (κ3) is 3.40. The van der Waals surface area contributed by atoms with Gasteiger partial charge in [0.05, 0.1) is 17.8 Å². The lowest BCUT2D eigenvalue weighted by atomic mass is 10.0. The standard InChI is InChI=1S/C20H27N3O/c24-16(13-15-7-2-1-3-8-15)14-23-12-6-11-19(23)20-21-17-9-4-5-10-18(17)22-20/h1-3,7-8,16,19,24H,4-6,9-14H2,(H,21,22)/t16-,19-/m1/s1. The average Bonchev–Trinajstić information content (AvgIpc) is 3.21. The van der Waals surface area contributed by atoms with Gasteiger partial charge in [0, 0.05) is 12.2 Å². The Hall–Kier alpha value is -1.65. The molecule has 2 heterocycles. The van der Waals surface area contributed by atoms with Crippen LogP contribution in [0.5, 0.6) is 0 Å². The number of hydrogen-bond donors (Lipinski definition) is 2. The van der Waals surface area contributed by atoms with Crippen molar-refractivity contribution in [2.75, 3.05) is 13.1 Å².